The number of carbonyl (C=O) groups excluding carboxylic acids is 2. The summed E-state index contributed by atoms with van der Waals surface area (Å²) in [6.07, 6.45) is 1.48. The van der Waals surface area contributed by atoms with Crippen molar-refractivity contribution in [3.8, 4) is 0 Å². The zero-order valence-electron chi connectivity index (χ0n) is 10.8. The average Bonchev–Trinajstić information content (AvgIpc) is 2.87. The Morgan fingerprint density at radius 2 is 1.95 bits per heavy atom. The lowest BCUT2D eigenvalue weighted by Gasteiger charge is -2.25. The number of carbonyl (C=O) groups is 2. The summed E-state index contributed by atoms with van der Waals surface area (Å²) in [4.78, 5) is 27.2. The smallest absolute Gasteiger partial charge is 0.249 e. The Morgan fingerprint density at radius 1 is 1.15 bits per heavy atom. The SMILES string of the molecule is O=C1C2CCCN2C(=O)CCN1c1cc(F)ccc1F. The maximum absolute atomic E-state index is 13.8. The molecule has 2 aliphatic rings. The number of rotatable bonds is 1. The van der Waals surface area contributed by atoms with E-state index in [9.17, 15) is 18.4 Å². The summed E-state index contributed by atoms with van der Waals surface area (Å²) in [5, 5.41) is 0. The Bertz CT molecular complexity index is 576. The first-order valence-corrected chi connectivity index (χ1v) is 6.64. The molecule has 2 saturated heterocycles. The summed E-state index contributed by atoms with van der Waals surface area (Å²) in [6, 6.07) is 2.47. The zero-order valence-corrected chi connectivity index (χ0v) is 10.8. The van der Waals surface area contributed by atoms with Crippen molar-refractivity contribution in [3.05, 3.63) is 29.8 Å². The molecule has 0 bridgehead atoms. The Hall–Kier alpha value is -1.98. The van der Waals surface area contributed by atoms with Crippen molar-refractivity contribution in [2.75, 3.05) is 18.0 Å². The first kappa shape index (κ1) is 13.0. The molecule has 1 unspecified atom stereocenters. The van der Waals surface area contributed by atoms with Crippen LogP contribution < -0.4 is 4.90 Å². The normalized spacial score (nSPS) is 23.0. The van der Waals surface area contributed by atoms with Gasteiger partial charge in [-0.15, -0.1) is 0 Å². The number of hydrogen-bond donors (Lipinski definition) is 0. The van der Waals surface area contributed by atoms with Gasteiger partial charge in [-0.2, -0.15) is 0 Å². The molecule has 0 N–H and O–H groups in total. The van der Waals surface area contributed by atoms with Crippen LogP contribution in [0, 0.1) is 11.6 Å². The second-order valence-corrected chi connectivity index (χ2v) is 5.08. The average molecular weight is 280 g/mol. The van der Waals surface area contributed by atoms with Crippen LogP contribution in [0.15, 0.2) is 18.2 Å². The molecule has 0 aromatic heterocycles. The molecular formula is C14H14F2N2O2. The van der Waals surface area contributed by atoms with Crippen LogP contribution in [0.3, 0.4) is 0 Å². The molecule has 2 aliphatic heterocycles. The summed E-state index contributed by atoms with van der Waals surface area (Å²) < 4.78 is 27.1. The molecule has 0 radical (unpaired) electrons. The quantitative estimate of drug-likeness (QED) is 0.785. The van der Waals surface area contributed by atoms with Gasteiger partial charge in [-0.25, -0.2) is 8.78 Å². The van der Waals surface area contributed by atoms with E-state index in [0.717, 1.165) is 24.6 Å². The van der Waals surface area contributed by atoms with E-state index < -0.39 is 17.7 Å². The lowest BCUT2D eigenvalue weighted by atomic mass is 10.1. The van der Waals surface area contributed by atoms with Gasteiger partial charge < -0.3 is 9.80 Å². The summed E-state index contributed by atoms with van der Waals surface area (Å²) in [5.41, 5.74) is -0.0865. The molecule has 2 amide bonds. The predicted molar refractivity (Wildman–Crippen MR) is 68.1 cm³/mol. The number of amides is 2. The molecule has 3 rings (SSSR count). The third kappa shape index (κ3) is 2.05. The molecule has 6 heteroatoms. The Labute approximate surface area is 115 Å². The van der Waals surface area contributed by atoms with Crippen LogP contribution in [0.2, 0.25) is 0 Å². The molecule has 4 nitrogen and oxygen atoms in total. The highest BCUT2D eigenvalue weighted by Crippen LogP contribution is 2.28. The Kier molecular flexibility index (Phi) is 3.16. The van der Waals surface area contributed by atoms with Gasteiger partial charge in [-0.3, -0.25) is 9.59 Å². The molecule has 2 heterocycles. The van der Waals surface area contributed by atoms with E-state index in [-0.39, 0.29) is 30.5 Å². The van der Waals surface area contributed by atoms with Crippen molar-refractivity contribution in [1.82, 2.24) is 4.90 Å². The van der Waals surface area contributed by atoms with Crippen molar-refractivity contribution in [2.45, 2.75) is 25.3 Å². The largest absolute Gasteiger partial charge is 0.331 e. The first-order valence-electron chi connectivity index (χ1n) is 6.64. The number of halogens is 2. The van der Waals surface area contributed by atoms with Gasteiger partial charge in [-0.05, 0) is 25.0 Å². The van der Waals surface area contributed by atoms with Crippen molar-refractivity contribution in [3.63, 3.8) is 0 Å². The number of anilines is 1. The third-order valence-electron chi connectivity index (χ3n) is 3.87. The molecule has 0 saturated carbocycles. The minimum absolute atomic E-state index is 0.0865. The van der Waals surface area contributed by atoms with Crippen LogP contribution in [-0.2, 0) is 9.59 Å². The van der Waals surface area contributed by atoms with Gasteiger partial charge >= 0.3 is 0 Å². The first-order chi connectivity index (χ1) is 9.58. The van der Waals surface area contributed by atoms with E-state index in [1.54, 1.807) is 4.90 Å². The van der Waals surface area contributed by atoms with E-state index >= 15 is 0 Å². The minimum atomic E-state index is -0.654. The predicted octanol–water partition coefficient (Wildman–Crippen LogP) is 1.69. The van der Waals surface area contributed by atoms with Gasteiger partial charge in [0, 0.05) is 25.6 Å². The van der Waals surface area contributed by atoms with Crippen molar-refractivity contribution in [1.29, 1.82) is 0 Å². The van der Waals surface area contributed by atoms with E-state index in [0.29, 0.717) is 13.0 Å². The van der Waals surface area contributed by atoms with E-state index in [1.165, 1.54) is 4.90 Å². The number of hydrogen-bond acceptors (Lipinski definition) is 2. The highest BCUT2D eigenvalue weighted by atomic mass is 19.1. The molecule has 1 aromatic carbocycles. The highest BCUT2D eigenvalue weighted by molar-refractivity contribution is 6.01. The van der Waals surface area contributed by atoms with Gasteiger partial charge in [0.25, 0.3) is 0 Å². The lowest BCUT2D eigenvalue weighted by Crippen LogP contribution is -2.44. The molecule has 1 aromatic rings. The lowest BCUT2D eigenvalue weighted by molar-refractivity contribution is -0.135. The second-order valence-electron chi connectivity index (χ2n) is 5.08. The van der Waals surface area contributed by atoms with Gasteiger partial charge in [-0.1, -0.05) is 0 Å². The monoisotopic (exact) mass is 280 g/mol. The molecule has 106 valence electrons. The maximum atomic E-state index is 13.8. The van der Waals surface area contributed by atoms with Crippen LogP contribution in [-0.4, -0.2) is 35.8 Å². The van der Waals surface area contributed by atoms with Gasteiger partial charge in [0.05, 0.1) is 5.69 Å². The topological polar surface area (TPSA) is 40.6 Å². The van der Waals surface area contributed by atoms with Crippen LogP contribution in [0.1, 0.15) is 19.3 Å². The van der Waals surface area contributed by atoms with Crippen LogP contribution in [0.4, 0.5) is 14.5 Å². The third-order valence-corrected chi connectivity index (χ3v) is 3.87. The van der Waals surface area contributed by atoms with E-state index in [1.807, 2.05) is 0 Å². The van der Waals surface area contributed by atoms with Gasteiger partial charge in [0.1, 0.15) is 17.7 Å². The minimum Gasteiger partial charge on any atom is -0.331 e. The molecule has 20 heavy (non-hydrogen) atoms. The number of nitrogens with zero attached hydrogens (tertiary/aromatic N) is 2. The molecule has 0 spiro atoms. The van der Waals surface area contributed by atoms with Crippen LogP contribution in [0.25, 0.3) is 0 Å². The summed E-state index contributed by atoms with van der Waals surface area (Å²) in [7, 11) is 0. The van der Waals surface area contributed by atoms with E-state index in [4.69, 9.17) is 0 Å². The van der Waals surface area contributed by atoms with Crippen molar-refractivity contribution in [2.24, 2.45) is 0 Å². The van der Waals surface area contributed by atoms with Crippen molar-refractivity contribution >= 4 is 17.5 Å². The van der Waals surface area contributed by atoms with Crippen LogP contribution in [0.5, 0.6) is 0 Å². The Balaban J connectivity index is 1.98. The number of fused-ring (bicyclic) bond motifs is 1. The van der Waals surface area contributed by atoms with Gasteiger partial charge in [0.15, 0.2) is 0 Å². The number of benzene rings is 1. The molecule has 2 fully saturated rings. The molecular weight excluding hydrogens is 266 g/mol. The maximum Gasteiger partial charge on any atom is 0.249 e. The Morgan fingerprint density at radius 3 is 2.75 bits per heavy atom. The molecule has 1 atom stereocenters. The second kappa shape index (κ2) is 4.85. The van der Waals surface area contributed by atoms with Crippen LogP contribution >= 0.6 is 0 Å². The zero-order chi connectivity index (χ0) is 14.3. The highest BCUT2D eigenvalue weighted by Gasteiger charge is 2.40. The molecule has 0 aliphatic carbocycles. The fourth-order valence-electron chi connectivity index (χ4n) is 2.89. The fraction of sp³-hybridized carbons (Fsp3) is 0.429. The van der Waals surface area contributed by atoms with Crippen molar-refractivity contribution < 1.29 is 18.4 Å². The summed E-state index contributed by atoms with van der Waals surface area (Å²) >= 11 is 0. The summed E-state index contributed by atoms with van der Waals surface area (Å²) in [5.74, 6) is -1.68. The standard InChI is InChI=1S/C14H14F2N2O2/c15-9-3-4-10(16)12(8-9)18-7-5-13(19)17-6-1-2-11(17)14(18)20/h3-4,8,11H,1-2,5-7H2. The van der Waals surface area contributed by atoms with Gasteiger partial charge in [0.2, 0.25) is 11.8 Å². The summed E-state index contributed by atoms with van der Waals surface area (Å²) in [6.45, 7) is 0.653. The van der Waals surface area contributed by atoms with E-state index in [2.05, 4.69) is 0 Å². The fourth-order valence-corrected chi connectivity index (χ4v) is 2.89.